The van der Waals surface area contributed by atoms with Gasteiger partial charge in [-0.2, -0.15) is 0 Å². The van der Waals surface area contributed by atoms with Gasteiger partial charge in [-0.15, -0.1) is 11.3 Å². The fraction of sp³-hybridized carbons (Fsp3) is 0.562. The van der Waals surface area contributed by atoms with Gasteiger partial charge in [0.05, 0.1) is 4.88 Å². The maximum Gasteiger partial charge on any atom is 0.264 e. The summed E-state index contributed by atoms with van der Waals surface area (Å²) in [5, 5.41) is 1.05. The Balaban J connectivity index is 1.99. The summed E-state index contributed by atoms with van der Waals surface area (Å²) in [6, 6.07) is 0. The van der Waals surface area contributed by atoms with Crippen LogP contribution < -0.4 is 0 Å². The van der Waals surface area contributed by atoms with E-state index in [0.717, 1.165) is 64.0 Å². The molecule has 1 aliphatic heterocycles. The molecule has 3 rings (SSSR count). The molecule has 0 N–H and O–H groups in total. The minimum absolute atomic E-state index is 0.166. The Morgan fingerprint density at radius 1 is 1.19 bits per heavy atom. The van der Waals surface area contributed by atoms with E-state index in [-0.39, 0.29) is 5.91 Å². The van der Waals surface area contributed by atoms with Crippen molar-refractivity contribution in [1.82, 2.24) is 14.9 Å². The van der Waals surface area contributed by atoms with Gasteiger partial charge in [-0.1, -0.05) is 6.92 Å². The van der Waals surface area contributed by atoms with Gasteiger partial charge in [0.25, 0.3) is 5.91 Å². The lowest BCUT2D eigenvalue weighted by atomic mass is 9.99. The van der Waals surface area contributed by atoms with E-state index in [0.29, 0.717) is 0 Å². The number of aryl methyl sites for hydroxylation is 3. The second kappa shape index (κ2) is 5.37. The molecule has 1 fully saturated rings. The molecule has 4 nitrogen and oxygen atoms in total. The Morgan fingerprint density at radius 3 is 2.52 bits per heavy atom. The van der Waals surface area contributed by atoms with E-state index in [1.165, 1.54) is 11.3 Å². The minimum atomic E-state index is 0.166. The molecule has 0 aromatic carbocycles. The Kier molecular flexibility index (Phi) is 3.69. The first-order valence-corrected chi connectivity index (χ1v) is 8.32. The SMILES string of the molecule is Cc1nc(C)c2c(C)c(C(=O)N3CCC(C)CC3)sc2n1. The summed E-state index contributed by atoms with van der Waals surface area (Å²) in [7, 11) is 0. The summed E-state index contributed by atoms with van der Waals surface area (Å²) in [6.07, 6.45) is 2.21. The van der Waals surface area contributed by atoms with Crippen LogP contribution in [0.1, 0.15) is 46.5 Å². The number of nitrogens with zero attached hydrogens (tertiary/aromatic N) is 3. The van der Waals surface area contributed by atoms with E-state index < -0.39 is 0 Å². The third-order valence-corrected chi connectivity index (χ3v) is 5.52. The van der Waals surface area contributed by atoms with Gasteiger partial charge in [-0.25, -0.2) is 9.97 Å². The number of thiophene rings is 1. The molecule has 0 bridgehead atoms. The van der Waals surface area contributed by atoms with Crippen molar-refractivity contribution in [3.8, 4) is 0 Å². The van der Waals surface area contributed by atoms with E-state index in [9.17, 15) is 4.79 Å². The highest BCUT2D eigenvalue weighted by molar-refractivity contribution is 7.20. The van der Waals surface area contributed by atoms with Crippen molar-refractivity contribution in [3.63, 3.8) is 0 Å². The van der Waals surface area contributed by atoms with Crippen LogP contribution in [0.3, 0.4) is 0 Å². The normalized spacial score (nSPS) is 16.7. The second-order valence-electron chi connectivity index (χ2n) is 6.07. The lowest BCUT2D eigenvalue weighted by Crippen LogP contribution is -2.37. The summed E-state index contributed by atoms with van der Waals surface area (Å²) in [4.78, 5) is 25.5. The van der Waals surface area contributed by atoms with Crippen LogP contribution >= 0.6 is 11.3 Å². The number of fused-ring (bicyclic) bond motifs is 1. The van der Waals surface area contributed by atoms with Crippen LogP contribution in [-0.2, 0) is 0 Å². The highest BCUT2D eigenvalue weighted by atomic mass is 32.1. The molecule has 0 spiro atoms. The van der Waals surface area contributed by atoms with Crippen LogP contribution in [-0.4, -0.2) is 33.9 Å². The van der Waals surface area contributed by atoms with E-state index in [2.05, 4.69) is 16.9 Å². The Morgan fingerprint density at radius 2 is 1.86 bits per heavy atom. The third-order valence-electron chi connectivity index (χ3n) is 4.35. The van der Waals surface area contributed by atoms with Gasteiger partial charge in [0.1, 0.15) is 10.7 Å². The van der Waals surface area contributed by atoms with Gasteiger partial charge in [-0.3, -0.25) is 4.79 Å². The number of carbonyl (C=O) groups excluding carboxylic acids is 1. The molecule has 1 amide bonds. The number of carbonyl (C=O) groups is 1. The van der Waals surface area contributed by atoms with Crippen LogP contribution in [0, 0.1) is 26.7 Å². The van der Waals surface area contributed by atoms with Crippen molar-refractivity contribution in [2.24, 2.45) is 5.92 Å². The molecule has 0 radical (unpaired) electrons. The quantitative estimate of drug-likeness (QED) is 0.810. The van der Waals surface area contributed by atoms with Gasteiger partial charge in [0.2, 0.25) is 0 Å². The maximum absolute atomic E-state index is 12.8. The predicted molar refractivity (Wildman–Crippen MR) is 85.9 cm³/mol. The molecule has 0 atom stereocenters. The van der Waals surface area contributed by atoms with Crippen molar-refractivity contribution in [2.75, 3.05) is 13.1 Å². The van der Waals surface area contributed by atoms with E-state index in [1.54, 1.807) is 0 Å². The molecular weight excluding hydrogens is 282 g/mol. The van der Waals surface area contributed by atoms with Crippen LogP contribution in [0.15, 0.2) is 0 Å². The summed E-state index contributed by atoms with van der Waals surface area (Å²) < 4.78 is 0. The van der Waals surface area contributed by atoms with Crippen molar-refractivity contribution in [1.29, 1.82) is 0 Å². The van der Waals surface area contributed by atoms with E-state index in [4.69, 9.17) is 0 Å². The topological polar surface area (TPSA) is 46.1 Å². The zero-order chi connectivity index (χ0) is 15.1. The summed E-state index contributed by atoms with van der Waals surface area (Å²) in [5.41, 5.74) is 2.01. The molecule has 3 heterocycles. The highest BCUT2D eigenvalue weighted by Crippen LogP contribution is 2.32. The third kappa shape index (κ3) is 2.55. The van der Waals surface area contributed by atoms with Gasteiger partial charge >= 0.3 is 0 Å². The average molecular weight is 303 g/mol. The van der Waals surface area contributed by atoms with Gasteiger partial charge in [-0.05, 0) is 45.1 Å². The molecule has 2 aromatic rings. The fourth-order valence-electron chi connectivity index (χ4n) is 3.03. The van der Waals surface area contributed by atoms with E-state index in [1.807, 2.05) is 25.7 Å². The number of hydrogen-bond donors (Lipinski definition) is 0. The molecule has 1 aliphatic rings. The number of amides is 1. The number of rotatable bonds is 1. The zero-order valence-corrected chi connectivity index (χ0v) is 13.9. The number of aromatic nitrogens is 2. The van der Waals surface area contributed by atoms with Crippen LogP contribution in [0.25, 0.3) is 10.2 Å². The molecule has 5 heteroatoms. The first kappa shape index (κ1) is 14.4. The van der Waals surface area contributed by atoms with Crippen LogP contribution in [0.4, 0.5) is 0 Å². The second-order valence-corrected chi connectivity index (χ2v) is 7.07. The van der Waals surface area contributed by atoms with Gasteiger partial charge in [0, 0.05) is 24.2 Å². The van der Waals surface area contributed by atoms with Crippen LogP contribution in [0.5, 0.6) is 0 Å². The van der Waals surface area contributed by atoms with Gasteiger partial charge in [0.15, 0.2) is 0 Å². The largest absolute Gasteiger partial charge is 0.338 e. The zero-order valence-electron chi connectivity index (χ0n) is 13.1. The molecule has 0 saturated carbocycles. The predicted octanol–water partition coefficient (Wildman–Crippen LogP) is 3.49. The highest BCUT2D eigenvalue weighted by Gasteiger charge is 2.25. The van der Waals surface area contributed by atoms with Crippen molar-refractivity contribution in [2.45, 2.75) is 40.5 Å². The number of piperidine rings is 1. The summed E-state index contributed by atoms with van der Waals surface area (Å²) in [5.74, 6) is 1.67. The maximum atomic E-state index is 12.8. The summed E-state index contributed by atoms with van der Waals surface area (Å²) >= 11 is 1.51. The Bertz CT molecular complexity index is 699. The molecule has 0 aliphatic carbocycles. The Hall–Kier alpha value is -1.49. The molecule has 21 heavy (non-hydrogen) atoms. The van der Waals surface area contributed by atoms with Gasteiger partial charge < -0.3 is 4.90 Å². The monoisotopic (exact) mass is 303 g/mol. The fourth-order valence-corrected chi connectivity index (χ4v) is 4.28. The molecule has 0 unspecified atom stereocenters. The summed E-state index contributed by atoms with van der Waals surface area (Å²) in [6.45, 7) is 9.91. The molecule has 2 aromatic heterocycles. The number of likely N-dealkylation sites (tertiary alicyclic amines) is 1. The standard InChI is InChI=1S/C16H21N3OS/c1-9-5-7-19(8-6-9)16(20)14-10(2)13-11(3)17-12(4)18-15(13)21-14/h9H,5-8H2,1-4H3. The molecule has 1 saturated heterocycles. The Labute approximate surface area is 129 Å². The lowest BCUT2D eigenvalue weighted by molar-refractivity contribution is 0.0701. The molecule has 112 valence electrons. The van der Waals surface area contributed by atoms with E-state index >= 15 is 0 Å². The lowest BCUT2D eigenvalue weighted by Gasteiger charge is -2.30. The first-order chi connectivity index (χ1) is 9.97. The van der Waals surface area contributed by atoms with Crippen molar-refractivity contribution >= 4 is 27.5 Å². The average Bonchev–Trinajstić information content (AvgIpc) is 2.76. The van der Waals surface area contributed by atoms with Crippen LogP contribution in [0.2, 0.25) is 0 Å². The van der Waals surface area contributed by atoms with Crippen molar-refractivity contribution < 1.29 is 4.79 Å². The number of hydrogen-bond acceptors (Lipinski definition) is 4. The van der Waals surface area contributed by atoms with Crippen molar-refractivity contribution in [3.05, 3.63) is 22.0 Å². The first-order valence-electron chi connectivity index (χ1n) is 7.51. The smallest absolute Gasteiger partial charge is 0.264 e. The molecular formula is C16H21N3OS. The minimum Gasteiger partial charge on any atom is -0.338 e.